The smallest absolute Gasteiger partial charge is 0.329 e. The second-order valence-electron chi connectivity index (χ2n) is 2.75. The summed E-state index contributed by atoms with van der Waals surface area (Å²) in [7, 11) is 0. The molecule has 1 N–H and O–H groups in total. The zero-order valence-electron chi connectivity index (χ0n) is 7.61. The van der Waals surface area contributed by atoms with Crippen molar-refractivity contribution in [1.29, 1.82) is 0 Å². The lowest BCUT2D eigenvalue weighted by atomic mass is 10.2. The number of rotatable bonds is 4. The van der Waals surface area contributed by atoms with E-state index in [0.29, 0.717) is 0 Å². The summed E-state index contributed by atoms with van der Waals surface area (Å²) in [5, 5.41) is 8.40. The Morgan fingerprint density at radius 2 is 2.43 bits per heavy atom. The van der Waals surface area contributed by atoms with Gasteiger partial charge in [0, 0.05) is 10.7 Å². The predicted molar refractivity (Wildman–Crippen MR) is 53.9 cm³/mol. The van der Waals surface area contributed by atoms with Crippen molar-refractivity contribution in [2.24, 2.45) is 0 Å². The van der Waals surface area contributed by atoms with Crippen molar-refractivity contribution in [2.45, 2.75) is 13.0 Å². The average molecular weight is 260 g/mol. The third kappa shape index (κ3) is 3.43. The summed E-state index contributed by atoms with van der Waals surface area (Å²) in [6, 6.07) is 3.62. The maximum atomic E-state index is 10.2. The van der Waals surface area contributed by atoms with Gasteiger partial charge in [-0.3, -0.25) is 4.98 Å². The zero-order chi connectivity index (χ0) is 10.6. The van der Waals surface area contributed by atoms with Crippen molar-refractivity contribution >= 4 is 21.9 Å². The predicted octanol–water partition coefficient (Wildman–Crippen LogP) is 2.01. The second kappa shape index (κ2) is 5.07. The Balaban J connectivity index is 2.56. The van der Waals surface area contributed by atoms with E-state index >= 15 is 0 Å². The molecule has 0 saturated carbocycles. The van der Waals surface area contributed by atoms with Crippen LogP contribution in [0.5, 0.6) is 0 Å². The number of carboxylic acids is 1. The van der Waals surface area contributed by atoms with E-state index in [9.17, 15) is 4.79 Å². The lowest BCUT2D eigenvalue weighted by Gasteiger charge is -2.10. The van der Waals surface area contributed by atoms with Gasteiger partial charge in [-0.15, -0.1) is 0 Å². The molecular formula is C9H10BrNO3. The van der Waals surface area contributed by atoms with E-state index < -0.39 is 5.97 Å². The Bertz CT molecular complexity index is 312. The normalized spacial score (nSPS) is 12.4. The molecule has 76 valence electrons. The van der Waals surface area contributed by atoms with Gasteiger partial charge in [-0.2, -0.15) is 0 Å². The highest BCUT2D eigenvalue weighted by molar-refractivity contribution is 9.10. The molecule has 14 heavy (non-hydrogen) atoms. The molecule has 0 radical (unpaired) electrons. The summed E-state index contributed by atoms with van der Waals surface area (Å²) >= 11 is 3.26. The first-order valence-electron chi connectivity index (χ1n) is 4.04. The first kappa shape index (κ1) is 11.1. The molecule has 1 unspecified atom stereocenters. The third-order valence-electron chi connectivity index (χ3n) is 1.62. The lowest BCUT2D eigenvalue weighted by molar-refractivity contribution is -0.144. The fourth-order valence-electron chi connectivity index (χ4n) is 0.909. The van der Waals surface area contributed by atoms with E-state index in [4.69, 9.17) is 9.84 Å². The van der Waals surface area contributed by atoms with E-state index in [-0.39, 0.29) is 12.7 Å². The molecular weight excluding hydrogens is 250 g/mol. The van der Waals surface area contributed by atoms with Gasteiger partial charge >= 0.3 is 5.97 Å². The van der Waals surface area contributed by atoms with Crippen LogP contribution in [0.15, 0.2) is 22.8 Å². The summed E-state index contributed by atoms with van der Waals surface area (Å²) < 4.78 is 5.93. The van der Waals surface area contributed by atoms with Gasteiger partial charge in [0.05, 0.1) is 11.8 Å². The van der Waals surface area contributed by atoms with Crippen LogP contribution in [0.25, 0.3) is 0 Å². The fraction of sp³-hybridized carbons (Fsp3) is 0.333. The largest absolute Gasteiger partial charge is 0.480 e. The third-order valence-corrected chi connectivity index (χ3v) is 2.09. The van der Waals surface area contributed by atoms with Crippen LogP contribution in [-0.2, 0) is 9.53 Å². The lowest BCUT2D eigenvalue weighted by Crippen LogP contribution is -2.10. The molecule has 0 bridgehead atoms. The van der Waals surface area contributed by atoms with Crippen molar-refractivity contribution in [3.8, 4) is 0 Å². The van der Waals surface area contributed by atoms with Crippen molar-refractivity contribution in [3.05, 3.63) is 28.5 Å². The van der Waals surface area contributed by atoms with E-state index in [0.717, 1.165) is 10.2 Å². The number of carboxylic acid groups (broad SMARTS) is 1. The number of pyridine rings is 1. The van der Waals surface area contributed by atoms with E-state index in [1.807, 2.05) is 6.07 Å². The van der Waals surface area contributed by atoms with Gasteiger partial charge < -0.3 is 9.84 Å². The minimum absolute atomic E-state index is 0.306. The van der Waals surface area contributed by atoms with Crippen molar-refractivity contribution in [2.75, 3.05) is 6.61 Å². The Hall–Kier alpha value is -0.940. The van der Waals surface area contributed by atoms with Crippen LogP contribution in [0.1, 0.15) is 18.7 Å². The van der Waals surface area contributed by atoms with Crippen molar-refractivity contribution < 1.29 is 14.6 Å². The number of nitrogens with zero attached hydrogens (tertiary/aromatic N) is 1. The van der Waals surface area contributed by atoms with Crippen LogP contribution in [0.3, 0.4) is 0 Å². The molecule has 0 fully saturated rings. The number of halogens is 1. The number of hydrogen-bond acceptors (Lipinski definition) is 3. The summed E-state index contributed by atoms with van der Waals surface area (Å²) in [5.41, 5.74) is 0.717. The highest BCUT2D eigenvalue weighted by Crippen LogP contribution is 2.16. The Labute approximate surface area is 90.0 Å². The minimum atomic E-state index is -0.978. The highest BCUT2D eigenvalue weighted by Gasteiger charge is 2.08. The summed E-state index contributed by atoms with van der Waals surface area (Å²) in [6.45, 7) is 1.46. The molecule has 1 atom stereocenters. The van der Waals surface area contributed by atoms with E-state index in [1.54, 1.807) is 19.2 Å². The van der Waals surface area contributed by atoms with Gasteiger partial charge in [-0.25, -0.2) is 4.79 Å². The summed E-state index contributed by atoms with van der Waals surface area (Å²) in [4.78, 5) is 14.3. The quantitative estimate of drug-likeness (QED) is 0.899. The topological polar surface area (TPSA) is 59.4 Å². The van der Waals surface area contributed by atoms with Crippen LogP contribution in [0.4, 0.5) is 0 Å². The standard InChI is InChI=1S/C9H10BrNO3/c1-6(14-5-9(12)13)8-3-2-7(10)4-11-8/h2-4,6H,5H2,1H3,(H,12,13). The number of aliphatic carboxylic acids is 1. The van der Waals surface area contributed by atoms with Gasteiger partial charge in [0.15, 0.2) is 0 Å². The number of hydrogen-bond donors (Lipinski definition) is 1. The maximum Gasteiger partial charge on any atom is 0.329 e. The fourth-order valence-corrected chi connectivity index (χ4v) is 1.14. The van der Waals surface area contributed by atoms with Crippen LogP contribution in [-0.4, -0.2) is 22.7 Å². The van der Waals surface area contributed by atoms with Crippen LogP contribution < -0.4 is 0 Å². The Morgan fingerprint density at radius 1 is 1.71 bits per heavy atom. The monoisotopic (exact) mass is 259 g/mol. The molecule has 4 nitrogen and oxygen atoms in total. The maximum absolute atomic E-state index is 10.2. The molecule has 0 saturated heterocycles. The van der Waals surface area contributed by atoms with Gasteiger partial charge in [0.2, 0.25) is 0 Å². The molecule has 0 aliphatic rings. The molecule has 0 aliphatic heterocycles. The summed E-state index contributed by atoms with van der Waals surface area (Å²) in [6.07, 6.45) is 1.34. The van der Waals surface area contributed by atoms with Gasteiger partial charge in [0.1, 0.15) is 6.61 Å². The SMILES string of the molecule is CC(OCC(=O)O)c1ccc(Br)cn1. The van der Waals surface area contributed by atoms with Gasteiger partial charge in [0.25, 0.3) is 0 Å². The Kier molecular flexibility index (Phi) is 4.03. The van der Waals surface area contributed by atoms with E-state index in [1.165, 1.54) is 0 Å². The van der Waals surface area contributed by atoms with Crippen LogP contribution >= 0.6 is 15.9 Å². The molecule has 1 aromatic rings. The second-order valence-corrected chi connectivity index (χ2v) is 3.66. The van der Waals surface area contributed by atoms with Crippen LogP contribution in [0, 0.1) is 0 Å². The average Bonchev–Trinajstić information content (AvgIpc) is 2.15. The molecule has 0 aliphatic carbocycles. The molecule has 0 amide bonds. The molecule has 1 aromatic heterocycles. The number of ether oxygens (including phenoxy) is 1. The zero-order valence-corrected chi connectivity index (χ0v) is 9.19. The number of aromatic nitrogens is 1. The highest BCUT2D eigenvalue weighted by atomic mass is 79.9. The van der Waals surface area contributed by atoms with Crippen molar-refractivity contribution in [1.82, 2.24) is 4.98 Å². The molecule has 0 aromatic carbocycles. The molecule has 1 rings (SSSR count). The van der Waals surface area contributed by atoms with Crippen molar-refractivity contribution in [3.63, 3.8) is 0 Å². The Morgan fingerprint density at radius 3 is 2.93 bits per heavy atom. The first-order chi connectivity index (χ1) is 6.59. The van der Waals surface area contributed by atoms with E-state index in [2.05, 4.69) is 20.9 Å². The first-order valence-corrected chi connectivity index (χ1v) is 4.83. The number of carbonyl (C=O) groups is 1. The molecule has 1 heterocycles. The minimum Gasteiger partial charge on any atom is -0.480 e. The van der Waals surface area contributed by atoms with Gasteiger partial charge in [-0.05, 0) is 35.0 Å². The van der Waals surface area contributed by atoms with Crippen LogP contribution in [0.2, 0.25) is 0 Å². The summed E-state index contributed by atoms with van der Waals surface area (Å²) in [5.74, 6) is -0.978. The molecule has 5 heteroatoms. The molecule has 0 spiro atoms. The van der Waals surface area contributed by atoms with Gasteiger partial charge in [-0.1, -0.05) is 0 Å².